The van der Waals surface area contributed by atoms with Gasteiger partial charge in [0, 0.05) is 0 Å². The van der Waals surface area contributed by atoms with E-state index >= 15 is 0 Å². The van der Waals surface area contributed by atoms with Crippen molar-refractivity contribution in [3.05, 3.63) is 24.3 Å². The van der Waals surface area contributed by atoms with Crippen molar-refractivity contribution in [3.63, 3.8) is 0 Å². The summed E-state index contributed by atoms with van der Waals surface area (Å²) in [5, 5.41) is 0. The standard InChI is InChI=1S/C9H16/c1-4-6-8-9(3)7-5-2/h4,7H,1,5-6,8H2,2-3H3/b9-7+. The Morgan fingerprint density at radius 2 is 2.22 bits per heavy atom. The lowest BCUT2D eigenvalue weighted by molar-refractivity contribution is 0.963. The van der Waals surface area contributed by atoms with Crippen LogP contribution >= 0.6 is 0 Å². The van der Waals surface area contributed by atoms with Gasteiger partial charge in [-0.05, 0) is 26.2 Å². The Bertz CT molecular complexity index is 98.6. The second-order valence-electron chi connectivity index (χ2n) is 2.29. The van der Waals surface area contributed by atoms with Crippen LogP contribution in [0.3, 0.4) is 0 Å². The summed E-state index contributed by atoms with van der Waals surface area (Å²) in [6, 6.07) is 0. The van der Waals surface area contributed by atoms with E-state index in [4.69, 9.17) is 0 Å². The largest absolute Gasteiger partial charge is 0.103 e. The number of rotatable bonds is 4. The van der Waals surface area contributed by atoms with Crippen LogP contribution in [0.1, 0.15) is 33.1 Å². The van der Waals surface area contributed by atoms with Gasteiger partial charge in [0.1, 0.15) is 0 Å². The highest BCUT2D eigenvalue weighted by Gasteiger charge is 1.83. The molecule has 0 N–H and O–H groups in total. The van der Waals surface area contributed by atoms with E-state index in [2.05, 4.69) is 26.5 Å². The van der Waals surface area contributed by atoms with Gasteiger partial charge in [0.25, 0.3) is 0 Å². The van der Waals surface area contributed by atoms with Crippen molar-refractivity contribution in [2.24, 2.45) is 0 Å². The third-order valence-corrected chi connectivity index (χ3v) is 1.30. The number of hydrogen-bond acceptors (Lipinski definition) is 0. The average molecular weight is 124 g/mol. The molecule has 0 aromatic heterocycles. The smallest absolute Gasteiger partial charge is 0.0288 e. The highest BCUT2D eigenvalue weighted by Crippen LogP contribution is 2.04. The van der Waals surface area contributed by atoms with Crippen molar-refractivity contribution in [3.8, 4) is 0 Å². The predicted molar refractivity (Wildman–Crippen MR) is 43.5 cm³/mol. The monoisotopic (exact) mass is 124 g/mol. The first-order valence-corrected chi connectivity index (χ1v) is 3.57. The molecular formula is C9H16. The van der Waals surface area contributed by atoms with Crippen LogP contribution < -0.4 is 0 Å². The minimum atomic E-state index is 1.11. The molecule has 0 heteroatoms. The quantitative estimate of drug-likeness (QED) is 0.504. The van der Waals surface area contributed by atoms with Gasteiger partial charge in [-0.25, -0.2) is 0 Å². The van der Waals surface area contributed by atoms with Crippen molar-refractivity contribution in [1.29, 1.82) is 0 Å². The Morgan fingerprint density at radius 1 is 1.56 bits per heavy atom. The van der Waals surface area contributed by atoms with Gasteiger partial charge in [0.15, 0.2) is 0 Å². The summed E-state index contributed by atoms with van der Waals surface area (Å²) < 4.78 is 0. The Morgan fingerprint density at radius 3 is 2.67 bits per heavy atom. The third kappa shape index (κ3) is 5.35. The van der Waals surface area contributed by atoms with Crippen molar-refractivity contribution in [2.45, 2.75) is 33.1 Å². The lowest BCUT2D eigenvalue weighted by Crippen LogP contribution is -1.73. The fourth-order valence-electron chi connectivity index (χ4n) is 0.780. The molecule has 0 spiro atoms. The molecule has 0 amide bonds. The fourth-order valence-corrected chi connectivity index (χ4v) is 0.780. The van der Waals surface area contributed by atoms with Gasteiger partial charge in [0.2, 0.25) is 0 Å². The normalized spacial score (nSPS) is 11.6. The molecule has 0 saturated heterocycles. The second-order valence-corrected chi connectivity index (χ2v) is 2.29. The van der Waals surface area contributed by atoms with Crippen LogP contribution in [0.4, 0.5) is 0 Å². The van der Waals surface area contributed by atoms with Gasteiger partial charge in [-0.2, -0.15) is 0 Å². The summed E-state index contributed by atoms with van der Waals surface area (Å²) in [5.41, 5.74) is 1.48. The first kappa shape index (κ1) is 8.48. The fraction of sp³-hybridized carbons (Fsp3) is 0.556. The van der Waals surface area contributed by atoms with Crippen LogP contribution in [0.5, 0.6) is 0 Å². The van der Waals surface area contributed by atoms with Crippen LogP contribution in [0.2, 0.25) is 0 Å². The van der Waals surface area contributed by atoms with Crippen molar-refractivity contribution in [1.82, 2.24) is 0 Å². The van der Waals surface area contributed by atoms with Crippen molar-refractivity contribution in [2.75, 3.05) is 0 Å². The van der Waals surface area contributed by atoms with Crippen molar-refractivity contribution >= 4 is 0 Å². The molecule has 0 atom stereocenters. The maximum Gasteiger partial charge on any atom is -0.0288 e. The van der Waals surface area contributed by atoms with E-state index in [1.807, 2.05) is 6.08 Å². The highest BCUT2D eigenvalue weighted by atomic mass is 13.9. The van der Waals surface area contributed by atoms with Gasteiger partial charge in [0.05, 0.1) is 0 Å². The zero-order valence-electron chi connectivity index (χ0n) is 6.48. The Labute approximate surface area is 58.3 Å². The van der Waals surface area contributed by atoms with Gasteiger partial charge < -0.3 is 0 Å². The summed E-state index contributed by atoms with van der Waals surface area (Å²) in [6.07, 6.45) is 7.68. The SMILES string of the molecule is C=CCC/C(C)=C/CC. The lowest BCUT2D eigenvalue weighted by Gasteiger charge is -1.94. The van der Waals surface area contributed by atoms with E-state index in [0.717, 1.165) is 12.8 Å². The zero-order valence-corrected chi connectivity index (χ0v) is 6.48. The molecule has 0 nitrogen and oxygen atoms in total. The second kappa shape index (κ2) is 5.61. The summed E-state index contributed by atoms with van der Waals surface area (Å²) in [7, 11) is 0. The van der Waals surface area contributed by atoms with Crippen LogP contribution in [-0.2, 0) is 0 Å². The summed E-state index contributed by atoms with van der Waals surface area (Å²) in [5.74, 6) is 0. The van der Waals surface area contributed by atoms with E-state index in [-0.39, 0.29) is 0 Å². The molecule has 0 rings (SSSR count). The maximum absolute atomic E-state index is 3.67. The predicted octanol–water partition coefficient (Wildman–Crippen LogP) is 3.31. The molecule has 0 aliphatic carbocycles. The molecule has 52 valence electrons. The van der Waals surface area contributed by atoms with Crippen LogP contribution in [0.15, 0.2) is 24.3 Å². The van der Waals surface area contributed by atoms with E-state index in [0.29, 0.717) is 0 Å². The number of hydrogen-bond donors (Lipinski definition) is 0. The topological polar surface area (TPSA) is 0 Å². The first-order valence-electron chi connectivity index (χ1n) is 3.57. The molecule has 0 unspecified atom stereocenters. The Hall–Kier alpha value is -0.520. The minimum absolute atomic E-state index is 1.11. The summed E-state index contributed by atoms with van der Waals surface area (Å²) in [4.78, 5) is 0. The molecule has 9 heavy (non-hydrogen) atoms. The molecule has 0 aliphatic rings. The van der Waals surface area contributed by atoms with Gasteiger partial charge in [-0.1, -0.05) is 24.6 Å². The molecule has 0 aromatic carbocycles. The molecule has 0 heterocycles. The summed E-state index contributed by atoms with van der Waals surface area (Å²) >= 11 is 0. The van der Waals surface area contributed by atoms with Crippen LogP contribution in [-0.4, -0.2) is 0 Å². The van der Waals surface area contributed by atoms with E-state index in [1.165, 1.54) is 12.0 Å². The van der Waals surface area contributed by atoms with E-state index in [9.17, 15) is 0 Å². The number of allylic oxidation sites excluding steroid dienone is 3. The molecule has 0 saturated carbocycles. The van der Waals surface area contributed by atoms with Crippen LogP contribution in [0.25, 0.3) is 0 Å². The molecule has 0 radical (unpaired) electrons. The molecular weight excluding hydrogens is 108 g/mol. The first-order chi connectivity index (χ1) is 4.31. The third-order valence-electron chi connectivity index (χ3n) is 1.30. The Balaban J connectivity index is 3.36. The van der Waals surface area contributed by atoms with Crippen molar-refractivity contribution < 1.29 is 0 Å². The highest BCUT2D eigenvalue weighted by molar-refractivity contribution is 4.98. The zero-order chi connectivity index (χ0) is 7.11. The van der Waals surface area contributed by atoms with Crippen LogP contribution in [0, 0.1) is 0 Å². The molecule has 0 fully saturated rings. The summed E-state index contributed by atoms with van der Waals surface area (Å²) in [6.45, 7) is 8.00. The van der Waals surface area contributed by atoms with E-state index < -0.39 is 0 Å². The minimum Gasteiger partial charge on any atom is -0.103 e. The Kier molecular flexibility index (Phi) is 5.29. The molecule has 0 aromatic rings. The lowest BCUT2D eigenvalue weighted by atomic mass is 10.1. The van der Waals surface area contributed by atoms with Gasteiger partial charge in [-0.15, -0.1) is 6.58 Å². The molecule has 0 aliphatic heterocycles. The maximum atomic E-state index is 3.67. The average Bonchev–Trinajstić information content (AvgIpc) is 1.85. The molecule has 0 bridgehead atoms. The van der Waals surface area contributed by atoms with E-state index in [1.54, 1.807) is 0 Å². The van der Waals surface area contributed by atoms with Gasteiger partial charge in [-0.3, -0.25) is 0 Å². The van der Waals surface area contributed by atoms with Gasteiger partial charge >= 0.3 is 0 Å².